The molecule has 15 heavy (non-hydrogen) atoms. The van der Waals surface area contributed by atoms with E-state index in [9.17, 15) is 0 Å². The van der Waals surface area contributed by atoms with Gasteiger partial charge >= 0.3 is 0 Å². The first-order chi connectivity index (χ1) is 7.34. The Labute approximate surface area is 96.6 Å². The number of hydrogen-bond acceptors (Lipinski definition) is 2. The molecule has 0 radical (unpaired) electrons. The molecule has 1 atom stereocenters. The summed E-state index contributed by atoms with van der Waals surface area (Å²) < 4.78 is 3.26. The maximum absolute atomic E-state index is 4.50. The summed E-state index contributed by atoms with van der Waals surface area (Å²) in [6.45, 7) is 1.11. The van der Waals surface area contributed by atoms with Crippen molar-refractivity contribution in [1.29, 1.82) is 0 Å². The Hall–Kier alpha value is -0.870. The molecule has 0 bridgehead atoms. The summed E-state index contributed by atoms with van der Waals surface area (Å²) in [7, 11) is 0. The lowest BCUT2D eigenvalue weighted by Crippen LogP contribution is -2.15. The molecule has 1 aliphatic heterocycles. The highest BCUT2D eigenvalue weighted by atomic mass is 79.9. The van der Waals surface area contributed by atoms with E-state index in [1.54, 1.807) is 0 Å². The highest BCUT2D eigenvalue weighted by Crippen LogP contribution is 2.23. The van der Waals surface area contributed by atoms with E-state index >= 15 is 0 Å². The number of rotatable bonds is 1. The topological polar surface area (TPSA) is 29.3 Å². The average Bonchev–Trinajstić information content (AvgIpc) is 2.82. The van der Waals surface area contributed by atoms with Gasteiger partial charge in [0.1, 0.15) is 5.82 Å². The fourth-order valence-electron chi connectivity index (χ4n) is 2.16. The Balaban J connectivity index is 2.11. The summed E-state index contributed by atoms with van der Waals surface area (Å²) in [5.41, 5.74) is 1.15. The molecule has 1 fully saturated rings. The van der Waals surface area contributed by atoms with Gasteiger partial charge in [0, 0.05) is 10.7 Å². The Morgan fingerprint density at radius 3 is 3.27 bits per heavy atom. The summed E-state index contributed by atoms with van der Waals surface area (Å²) in [6.07, 6.45) is 6.44. The molecule has 0 aromatic carbocycles. The highest BCUT2D eigenvalue weighted by molar-refractivity contribution is 9.10. The lowest BCUT2D eigenvalue weighted by atomic mass is 10.2. The zero-order valence-corrected chi connectivity index (χ0v) is 9.87. The van der Waals surface area contributed by atoms with E-state index in [0.717, 1.165) is 22.4 Å². The van der Waals surface area contributed by atoms with Crippen molar-refractivity contribution in [1.82, 2.24) is 14.7 Å². The van der Waals surface area contributed by atoms with Gasteiger partial charge in [-0.15, -0.1) is 0 Å². The third-order valence-corrected chi connectivity index (χ3v) is 3.39. The first-order valence-corrected chi connectivity index (χ1v) is 6.00. The predicted octanol–water partition coefficient (Wildman–Crippen LogP) is 2.52. The summed E-state index contributed by atoms with van der Waals surface area (Å²) >= 11 is 3.47. The van der Waals surface area contributed by atoms with Gasteiger partial charge in [0.25, 0.3) is 0 Å². The Bertz CT molecular complexity index is 486. The van der Waals surface area contributed by atoms with E-state index in [2.05, 4.69) is 42.9 Å². The normalized spacial score (nSPS) is 21.3. The van der Waals surface area contributed by atoms with Crippen LogP contribution in [0.15, 0.2) is 29.0 Å². The highest BCUT2D eigenvalue weighted by Gasteiger charge is 2.20. The molecule has 3 rings (SSSR count). The fraction of sp³-hybridized carbons (Fsp3) is 0.364. The molecule has 2 aromatic rings. The minimum Gasteiger partial charge on any atom is -0.307 e. The summed E-state index contributed by atoms with van der Waals surface area (Å²) in [5, 5.41) is 3.47. The zero-order valence-electron chi connectivity index (χ0n) is 8.28. The molecule has 4 heteroatoms. The minimum atomic E-state index is 0.425. The van der Waals surface area contributed by atoms with Crippen LogP contribution in [0.3, 0.4) is 0 Å². The van der Waals surface area contributed by atoms with Crippen LogP contribution in [0.5, 0.6) is 0 Å². The lowest BCUT2D eigenvalue weighted by molar-refractivity contribution is 0.602. The number of fused-ring (bicyclic) bond motifs is 1. The lowest BCUT2D eigenvalue weighted by Gasteiger charge is -2.08. The molecule has 0 spiro atoms. The van der Waals surface area contributed by atoms with Crippen molar-refractivity contribution in [2.75, 3.05) is 6.54 Å². The van der Waals surface area contributed by atoms with Crippen molar-refractivity contribution in [3.8, 4) is 0 Å². The molecule has 1 saturated heterocycles. The summed E-state index contributed by atoms with van der Waals surface area (Å²) in [4.78, 5) is 4.50. The van der Waals surface area contributed by atoms with Gasteiger partial charge in [0.2, 0.25) is 0 Å². The maximum Gasteiger partial charge on any atom is 0.130 e. The van der Waals surface area contributed by atoms with Crippen LogP contribution in [0, 0.1) is 0 Å². The van der Waals surface area contributed by atoms with Crippen LogP contribution < -0.4 is 5.32 Å². The quantitative estimate of drug-likeness (QED) is 0.859. The number of aromatic nitrogens is 2. The van der Waals surface area contributed by atoms with Crippen molar-refractivity contribution < 1.29 is 0 Å². The predicted molar refractivity (Wildman–Crippen MR) is 62.9 cm³/mol. The molecule has 2 aromatic heterocycles. The molecule has 0 aliphatic carbocycles. The number of hydrogen-bond donors (Lipinski definition) is 1. The third kappa shape index (κ3) is 1.58. The van der Waals surface area contributed by atoms with Crippen molar-refractivity contribution in [2.24, 2.45) is 0 Å². The van der Waals surface area contributed by atoms with Gasteiger partial charge in [-0.1, -0.05) is 15.9 Å². The number of halogens is 1. The van der Waals surface area contributed by atoms with E-state index in [0.29, 0.717) is 6.04 Å². The Morgan fingerprint density at radius 2 is 2.47 bits per heavy atom. The molecule has 0 amide bonds. The van der Waals surface area contributed by atoms with Gasteiger partial charge in [-0.05, 0) is 31.5 Å². The molecular weight excluding hydrogens is 254 g/mol. The molecule has 1 aliphatic rings. The van der Waals surface area contributed by atoms with Crippen LogP contribution in [0.1, 0.15) is 24.7 Å². The number of pyridine rings is 1. The zero-order chi connectivity index (χ0) is 10.3. The van der Waals surface area contributed by atoms with Crippen molar-refractivity contribution in [2.45, 2.75) is 18.9 Å². The average molecular weight is 266 g/mol. The second kappa shape index (κ2) is 3.61. The van der Waals surface area contributed by atoms with Crippen molar-refractivity contribution in [3.05, 3.63) is 34.8 Å². The van der Waals surface area contributed by atoms with E-state index in [-0.39, 0.29) is 0 Å². The van der Waals surface area contributed by atoms with Gasteiger partial charge in [-0.2, -0.15) is 0 Å². The first kappa shape index (κ1) is 9.36. The molecule has 1 unspecified atom stereocenters. The second-order valence-electron chi connectivity index (χ2n) is 3.91. The first-order valence-electron chi connectivity index (χ1n) is 5.20. The Morgan fingerprint density at radius 1 is 1.53 bits per heavy atom. The van der Waals surface area contributed by atoms with Crippen molar-refractivity contribution >= 4 is 21.4 Å². The monoisotopic (exact) mass is 265 g/mol. The maximum atomic E-state index is 4.50. The van der Waals surface area contributed by atoms with Crippen LogP contribution in [0.25, 0.3) is 5.52 Å². The molecule has 0 saturated carbocycles. The van der Waals surface area contributed by atoms with Crippen LogP contribution >= 0.6 is 15.9 Å². The number of nitrogens with zero attached hydrogens (tertiary/aromatic N) is 2. The molecule has 3 nitrogen and oxygen atoms in total. The van der Waals surface area contributed by atoms with Crippen LogP contribution in [0.4, 0.5) is 0 Å². The van der Waals surface area contributed by atoms with Gasteiger partial charge in [-0.25, -0.2) is 4.98 Å². The van der Waals surface area contributed by atoms with E-state index in [4.69, 9.17) is 0 Å². The van der Waals surface area contributed by atoms with E-state index in [1.165, 1.54) is 12.8 Å². The van der Waals surface area contributed by atoms with Crippen LogP contribution in [0.2, 0.25) is 0 Å². The van der Waals surface area contributed by atoms with Crippen LogP contribution in [-0.2, 0) is 0 Å². The van der Waals surface area contributed by atoms with E-state index in [1.807, 2.05) is 12.3 Å². The second-order valence-corrected chi connectivity index (χ2v) is 4.82. The molecule has 1 N–H and O–H groups in total. The summed E-state index contributed by atoms with van der Waals surface area (Å²) in [6, 6.07) is 4.56. The number of imidazole rings is 1. The van der Waals surface area contributed by atoms with E-state index < -0.39 is 0 Å². The minimum absolute atomic E-state index is 0.425. The van der Waals surface area contributed by atoms with Crippen molar-refractivity contribution in [3.63, 3.8) is 0 Å². The van der Waals surface area contributed by atoms with Gasteiger partial charge in [-0.3, -0.25) is 0 Å². The third-order valence-electron chi connectivity index (χ3n) is 2.89. The molecular formula is C11H12BrN3. The summed E-state index contributed by atoms with van der Waals surface area (Å²) in [5.74, 6) is 1.13. The largest absolute Gasteiger partial charge is 0.307 e. The van der Waals surface area contributed by atoms with Gasteiger partial charge in [0.05, 0.1) is 17.8 Å². The number of nitrogens with one attached hydrogen (secondary N) is 1. The van der Waals surface area contributed by atoms with Gasteiger partial charge < -0.3 is 9.72 Å². The Kier molecular flexibility index (Phi) is 2.25. The van der Waals surface area contributed by atoms with Gasteiger partial charge in [0.15, 0.2) is 0 Å². The smallest absolute Gasteiger partial charge is 0.130 e. The standard InChI is InChI=1S/C11H12BrN3/c12-8-3-5-15-9(6-8)7-14-11(15)10-2-1-4-13-10/h3,5-7,10,13H,1-2,4H2. The fourth-order valence-corrected chi connectivity index (χ4v) is 2.51. The SMILES string of the molecule is Brc1ccn2c(C3CCCN3)ncc2c1. The molecule has 78 valence electrons. The molecule has 3 heterocycles. The van der Waals surface area contributed by atoms with Crippen LogP contribution in [-0.4, -0.2) is 15.9 Å².